The molecule has 0 unspecified atom stereocenters. The SMILES string of the molecule is Cc1cccc(CC(=O)Oc2cccc(C)c2)c1. The molecule has 92 valence electrons. The van der Waals surface area contributed by atoms with Crippen molar-refractivity contribution in [1.82, 2.24) is 0 Å². The molecule has 0 saturated heterocycles. The van der Waals surface area contributed by atoms with Crippen LogP contribution in [0.2, 0.25) is 0 Å². The molecule has 2 rings (SSSR count). The Hall–Kier alpha value is -2.09. The Labute approximate surface area is 107 Å². The minimum Gasteiger partial charge on any atom is -0.426 e. The molecule has 0 fully saturated rings. The summed E-state index contributed by atoms with van der Waals surface area (Å²) in [6, 6.07) is 15.4. The van der Waals surface area contributed by atoms with Gasteiger partial charge >= 0.3 is 5.97 Å². The third kappa shape index (κ3) is 3.45. The molecule has 0 N–H and O–H groups in total. The van der Waals surface area contributed by atoms with Gasteiger partial charge in [-0.3, -0.25) is 4.79 Å². The molecule has 0 aliphatic heterocycles. The standard InChI is InChI=1S/C16H16O2/c1-12-5-3-7-14(9-12)11-16(17)18-15-8-4-6-13(2)10-15/h3-10H,11H2,1-2H3. The molecule has 2 aromatic carbocycles. The van der Waals surface area contributed by atoms with Crippen LogP contribution in [0.5, 0.6) is 5.75 Å². The summed E-state index contributed by atoms with van der Waals surface area (Å²) in [6.45, 7) is 3.98. The largest absolute Gasteiger partial charge is 0.426 e. The third-order valence-electron chi connectivity index (χ3n) is 2.65. The van der Waals surface area contributed by atoms with Crippen LogP contribution in [0, 0.1) is 13.8 Å². The van der Waals surface area contributed by atoms with Crippen molar-refractivity contribution in [2.75, 3.05) is 0 Å². The van der Waals surface area contributed by atoms with Crippen LogP contribution in [-0.2, 0) is 11.2 Å². The van der Waals surface area contributed by atoms with E-state index in [0.717, 1.165) is 16.7 Å². The van der Waals surface area contributed by atoms with Gasteiger partial charge in [0.2, 0.25) is 0 Å². The van der Waals surface area contributed by atoms with Gasteiger partial charge in [0.05, 0.1) is 6.42 Å². The Morgan fingerprint density at radius 3 is 2.33 bits per heavy atom. The van der Waals surface area contributed by atoms with E-state index >= 15 is 0 Å². The van der Waals surface area contributed by atoms with Crippen LogP contribution in [0.3, 0.4) is 0 Å². The highest BCUT2D eigenvalue weighted by Gasteiger charge is 2.06. The zero-order chi connectivity index (χ0) is 13.0. The highest BCUT2D eigenvalue weighted by molar-refractivity contribution is 5.75. The van der Waals surface area contributed by atoms with Crippen LogP contribution in [0.4, 0.5) is 0 Å². The topological polar surface area (TPSA) is 26.3 Å². The highest BCUT2D eigenvalue weighted by Crippen LogP contribution is 2.13. The quantitative estimate of drug-likeness (QED) is 0.606. The maximum Gasteiger partial charge on any atom is 0.315 e. The second-order valence-corrected chi connectivity index (χ2v) is 4.46. The van der Waals surface area contributed by atoms with Crippen molar-refractivity contribution in [3.05, 3.63) is 65.2 Å². The highest BCUT2D eigenvalue weighted by atomic mass is 16.5. The van der Waals surface area contributed by atoms with Crippen LogP contribution >= 0.6 is 0 Å². The Morgan fingerprint density at radius 1 is 1.00 bits per heavy atom. The molecule has 0 aliphatic carbocycles. The van der Waals surface area contributed by atoms with Gasteiger partial charge in [0, 0.05) is 0 Å². The van der Waals surface area contributed by atoms with Crippen LogP contribution in [-0.4, -0.2) is 5.97 Å². The fourth-order valence-electron chi connectivity index (χ4n) is 1.84. The summed E-state index contributed by atoms with van der Waals surface area (Å²) in [5.74, 6) is 0.374. The molecule has 0 spiro atoms. The lowest BCUT2D eigenvalue weighted by molar-refractivity contribution is -0.133. The monoisotopic (exact) mass is 240 g/mol. The third-order valence-corrected chi connectivity index (χ3v) is 2.65. The van der Waals surface area contributed by atoms with Crippen molar-refractivity contribution in [2.45, 2.75) is 20.3 Å². The summed E-state index contributed by atoms with van der Waals surface area (Å²) in [5, 5.41) is 0. The number of esters is 1. The van der Waals surface area contributed by atoms with E-state index in [-0.39, 0.29) is 5.97 Å². The summed E-state index contributed by atoms with van der Waals surface area (Å²) >= 11 is 0. The summed E-state index contributed by atoms with van der Waals surface area (Å²) in [4.78, 5) is 11.8. The van der Waals surface area contributed by atoms with Gasteiger partial charge in [-0.2, -0.15) is 0 Å². The smallest absolute Gasteiger partial charge is 0.315 e. The molecule has 0 atom stereocenters. The first kappa shape index (κ1) is 12.4. The lowest BCUT2D eigenvalue weighted by Crippen LogP contribution is -2.11. The molecule has 2 nitrogen and oxygen atoms in total. The van der Waals surface area contributed by atoms with E-state index < -0.39 is 0 Å². The number of rotatable bonds is 3. The van der Waals surface area contributed by atoms with E-state index in [2.05, 4.69) is 0 Å². The van der Waals surface area contributed by atoms with Crippen molar-refractivity contribution in [3.8, 4) is 5.75 Å². The second kappa shape index (κ2) is 5.50. The normalized spacial score (nSPS) is 10.1. The van der Waals surface area contributed by atoms with E-state index in [9.17, 15) is 4.79 Å². The lowest BCUT2D eigenvalue weighted by Gasteiger charge is -2.05. The predicted octanol–water partition coefficient (Wildman–Crippen LogP) is 3.45. The van der Waals surface area contributed by atoms with Crippen molar-refractivity contribution in [2.24, 2.45) is 0 Å². The van der Waals surface area contributed by atoms with Gasteiger partial charge in [-0.05, 0) is 37.1 Å². The average Bonchev–Trinajstić information content (AvgIpc) is 2.28. The number of ether oxygens (including phenoxy) is 1. The number of aryl methyl sites for hydroxylation is 2. The van der Waals surface area contributed by atoms with Crippen molar-refractivity contribution >= 4 is 5.97 Å². The Morgan fingerprint density at radius 2 is 1.67 bits per heavy atom. The molecule has 18 heavy (non-hydrogen) atoms. The maximum atomic E-state index is 11.8. The van der Waals surface area contributed by atoms with Gasteiger partial charge in [-0.15, -0.1) is 0 Å². The van der Waals surface area contributed by atoms with E-state index in [1.807, 2.05) is 56.3 Å². The minimum absolute atomic E-state index is 0.230. The molecular weight excluding hydrogens is 224 g/mol. The molecule has 2 aromatic rings. The van der Waals surface area contributed by atoms with Crippen LogP contribution < -0.4 is 4.74 Å². The molecule has 0 saturated carbocycles. The molecule has 0 radical (unpaired) electrons. The van der Waals surface area contributed by atoms with Crippen LogP contribution in [0.25, 0.3) is 0 Å². The Kier molecular flexibility index (Phi) is 3.78. The zero-order valence-corrected chi connectivity index (χ0v) is 10.6. The number of carbonyl (C=O) groups is 1. The maximum absolute atomic E-state index is 11.8. The molecular formula is C16H16O2. The first-order valence-corrected chi connectivity index (χ1v) is 5.96. The fraction of sp³-hybridized carbons (Fsp3) is 0.188. The van der Waals surface area contributed by atoms with Gasteiger partial charge in [0.1, 0.15) is 5.75 Å². The van der Waals surface area contributed by atoms with E-state index in [1.54, 1.807) is 6.07 Å². The summed E-state index contributed by atoms with van der Waals surface area (Å²) in [5.41, 5.74) is 3.21. The Balaban J connectivity index is 2.01. The van der Waals surface area contributed by atoms with E-state index in [1.165, 1.54) is 0 Å². The van der Waals surface area contributed by atoms with E-state index in [4.69, 9.17) is 4.74 Å². The fourth-order valence-corrected chi connectivity index (χ4v) is 1.84. The zero-order valence-electron chi connectivity index (χ0n) is 10.6. The van der Waals surface area contributed by atoms with Crippen LogP contribution in [0.1, 0.15) is 16.7 Å². The van der Waals surface area contributed by atoms with Gasteiger partial charge in [-0.1, -0.05) is 42.0 Å². The molecule has 0 aromatic heterocycles. The lowest BCUT2D eigenvalue weighted by atomic mass is 10.1. The van der Waals surface area contributed by atoms with E-state index in [0.29, 0.717) is 12.2 Å². The van der Waals surface area contributed by atoms with Gasteiger partial charge in [0.25, 0.3) is 0 Å². The van der Waals surface area contributed by atoms with Gasteiger partial charge < -0.3 is 4.74 Å². The molecule has 0 amide bonds. The van der Waals surface area contributed by atoms with Crippen molar-refractivity contribution in [1.29, 1.82) is 0 Å². The minimum atomic E-state index is -0.230. The summed E-state index contributed by atoms with van der Waals surface area (Å²) in [6.07, 6.45) is 0.301. The number of carbonyl (C=O) groups excluding carboxylic acids is 1. The number of benzene rings is 2. The Bertz CT molecular complexity index is 509. The van der Waals surface area contributed by atoms with Crippen LogP contribution in [0.15, 0.2) is 48.5 Å². The van der Waals surface area contributed by atoms with Crippen molar-refractivity contribution in [3.63, 3.8) is 0 Å². The molecule has 0 bridgehead atoms. The van der Waals surface area contributed by atoms with Crippen molar-refractivity contribution < 1.29 is 9.53 Å². The first-order chi connectivity index (χ1) is 8.63. The van der Waals surface area contributed by atoms with Gasteiger partial charge in [-0.25, -0.2) is 0 Å². The molecule has 2 heteroatoms. The average molecular weight is 240 g/mol. The van der Waals surface area contributed by atoms with Gasteiger partial charge in [0.15, 0.2) is 0 Å². The summed E-state index contributed by atoms with van der Waals surface area (Å²) in [7, 11) is 0. The number of hydrogen-bond acceptors (Lipinski definition) is 2. The molecule has 0 heterocycles. The molecule has 0 aliphatic rings. The second-order valence-electron chi connectivity index (χ2n) is 4.46. The summed E-state index contributed by atoms with van der Waals surface area (Å²) < 4.78 is 5.30. The predicted molar refractivity (Wildman–Crippen MR) is 71.7 cm³/mol. The number of hydrogen-bond donors (Lipinski definition) is 0. The first-order valence-electron chi connectivity index (χ1n) is 5.96.